The molecule has 2 aromatic carbocycles. The second-order valence-electron chi connectivity index (χ2n) is 5.26. The molecule has 128 valence electrons. The van der Waals surface area contributed by atoms with Gasteiger partial charge in [0.2, 0.25) is 0 Å². The lowest BCUT2D eigenvalue weighted by Gasteiger charge is -2.18. The summed E-state index contributed by atoms with van der Waals surface area (Å²) in [5, 5.41) is 17.2. The molecule has 2 aromatic rings. The van der Waals surface area contributed by atoms with Crippen LogP contribution in [0.25, 0.3) is 16.8 Å². The maximum absolute atomic E-state index is 11.6. The highest BCUT2D eigenvalue weighted by Crippen LogP contribution is 2.29. The fraction of sp³-hybridized carbons (Fsp3) is 0.143. The smallest absolute Gasteiger partial charge is 0.235 e. The van der Waals surface area contributed by atoms with Gasteiger partial charge in [-0.2, -0.15) is 16.8 Å². The Kier molecular flexibility index (Phi) is 4.20. The molecule has 0 aromatic heterocycles. The van der Waals surface area contributed by atoms with E-state index in [0.717, 1.165) is 0 Å². The first-order valence-corrected chi connectivity index (χ1v) is 9.54. The van der Waals surface area contributed by atoms with Crippen LogP contribution in [0.2, 0.25) is 0 Å². The Labute approximate surface area is 137 Å². The fourth-order valence-corrected chi connectivity index (χ4v) is 3.98. The molecule has 0 saturated carbocycles. The maximum atomic E-state index is 11.6. The highest BCUT2D eigenvalue weighted by molar-refractivity contribution is 7.87. The standard InChI is InChI=1S/C14H12O8S2/c15-21-23(17,18)13-3-1-9-5-12-8-14(24(19,20)22-16)4-2-10(12)6-11(9)7-13/h1-7,14-16H,8H2. The average Bonchev–Trinajstić information content (AvgIpc) is 2.58. The van der Waals surface area contributed by atoms with E-state index in [0.29, 0.717) is 21.9 Å². The summed E-state index contributed by atoms with van der Waals surface area (Å²) in [5.74, 6) is 0. The average molecular weight is 372 g/mol. The molecule has 10 heteroatoms. The van der Waals surface area contributed by atoms with Crippen LogP contribution < -0.4 is 0 Å². The van der Waals surface area contributed by atoms with Crippen LogP contribution in [0, 0.1) is 0 Å². The van der Waals surface area contributed by atoms with Crippen LogP contribution >= 0.6 is 0 Å². The second kappa shape index (κ2) is 5.92. The van der Waals surface area contributed by atoms with Crippen LogP contribution in [-0.2, 0) is 35.3 Å². The van der Waals surface area contributed by atoms with Crippen LogP contribution in [0.15, 0.2) is 41.3 Å². The molecule has 0 aliphatic heterocycles. The fourth-order valence-electron chi connectivity index (χ4n) is 2.62. The maximum Gasteiger partial charge on any atom is 0.323 e. The third-order valence-corrected chi connectivity index (χ3v) is 6.14. The summed E-state index contributed by atoms with van der Waals surface area (Å²) in [6.45, 7) is 0. The Hall–Kier alpha value is -1.82. The van der Waals surface area contributed by atoms with Gasteiger partial charge in [-0.05, 0) is 46.5 Å². The van der Waals surface area contributed by atoms with Crippen LogP contribution in [0.3, 0.4) is 0 Å². The van der Waals surface area contributed by atoms with E-state index >= 15 is 0 Å². The van der Waals surface area contributed by atoms with Crippen molar-refractivity contribution >= 4 is 37.1 Å². The Morgan fingerprint density at radius 3 is 2.38 bits per heavy atom. The number of hydrogen-bond donors (Lipinski definition) is 2. The Balaban J connectivity index is 2.08. The predicted molar refractivity (Wildman–Crippen MR) is 84.0 cm³/mol. The van der Waals surface area contributed by atoms with Crippen molar-refractivity contribution in [3.63, 3.8) is 0 Å². The summed E-state index contributed by atoms with van der Waals surface area (Å²) in [4.78, 5) is -0.202. The van der Waals surface area contributed by atoms with Gasteiger partial charge in [0.1, 0.15) is 5.25 Å². The molecule has 8 nitrogen and oxygen atoms in total. The van der Waals surface area contributed by atoms with Crippen molar-refractivity contribution in [3.05, 3.63) is 47.5 Å². The monoisotopic (exact) mass is 372 g/mol. The summed E-state index contributed by atoms with van der Waals surface area (Å²) in [5.41, 5.74) is 1.43. The first-order valence-electron chi connectivity index (χ1n) is 6.66. The molecule has 3 rings (SSSR count). The van der Waals surface area contributed by atoms with Crippen LogP contribution in [0.4, 0.5) is 0 Å². The SMILES string of the molecule is O=S(=O)(OO)c1ccc2cc3c(cc2c1)C=CC(S(=O)(=O)OO)C3. The summed E-state index contributed by atoms with van der Waals surface area (Å²) < 4.78 is 53.3. The van der Waals surface area contributed by atoms with E-state index in [4.69, 9.17) is 10.5 Å². The molecule has 1 aliphatic rings. The van der Waals surface area contributed by atoms with E-state index in [1.165, 1.54) is 24.3 Å². The van der Waals surface area contributed by atoms with Gasteiger partial charge < -0.3 is 0 Å². The lowest BCUT2D eigenvalue weighted by atomic mass is 9.94. The van der Waals surface area contributed by atoms with Crippen LogP contribution in [-0.4, -0.2) is 32.6 Å². The number of benzene rings is 2. The van der Waals surface area contributed by atoms with Crippen molar-refractivity contribution in [2.24, 2.45) is 0 Å². The largest absolute Gasteiger partial charge is 0.323 e. The van der Waals surface area contributed by atoms with Crippen LogP contribution in [0.1, 0.15) is 11.1 Å². The van der Waals surface area contributed by atoms with Gasteiger partial charge in [0.15, 0.2) is 0 Å². The molecule has 0 heterocycles. The zero-order chi connectivity index (χ0) is 17.5. The zero-order valence-electron chi connectivity index (χ0n) is 12.0. The van der Waals surface area contributed by atoms with Crippen molar-refractivity contribution in [2.75, 3.05) is 0 Å². The van der Waals surface area contributed by atoms with Gasteiger partial charge in [-0.15, -0.1) is 8.67 Å². The van der Waals surface area contributed by atoms with E-state index in [1.54, 1.807) is 18.2 Å². The van der Waals surface area contributed by atoms with Gasteiger partial charge >= 0.3 is 10.1 Å². The molecule has 1 aliphatic carbocycles. The second-order valence-corrected chi connectivity index (χ2v) is 8.53. The molecule has 0 fully saturated rings. The molecular formula is C14H12O8S2. The van der Waals surface area contributed by atoms with Gasteiger partial charge in [0, 0.05) is 0 Å². The van der Waals surface area contributed by atoms with E-state index in [1.807, 2.05) is 0 Å². The first-order chi connectivity index (χ1) is 11.3. The lowest BCUT2D eigenvalue weighted by Crippen LogP contribution is -2.25. The normalized spacial score (nSPS) is 17.8. The van der Waals surface area contributed by atoms with E-state index < -0.39 is 25.5 Å². The first kappa shape index (κ1) is 17.0. The van der Waals surface area contributed by atoms with Gasteiger partial charge in [-0.3, -0.25) is 0 Å². The van der Waals surface area contributed by atoms with Crippen molar-refractivity contribution < 1.29 is 36.0 Å². The molecule has 2 N–H and O–H groups in total. The number of fused-ring (bicyclic) bond motifs is 2. The van der Waals surface area contributed by atoms with Crippen molar-refractivity contribution in [2.45, 2.75) is 16.6 Å². The molecule has 0 saturated heterocycles. The molecular weight excluding hydrogens is 360 g/mol. The topological polar surface area (TPSA) is 127 Å². The predicted octanol–water partition coefficient (Wildman–Crippen LogP) is 1.78. The molecule has 1 atom stereocenters. The minimum atomic E-state index is -4.23. The van der Waals surface area contributed by atoms with Gasteiger partial charge in [0.25, 0.3) is 10.1 Å². The molecule has 24 heavy (non-hydrogen) atoms. The molecule has 0 radical (unpaired) electrons. The van der Waals surface area contributed by atoms with Gasteiger partial charge in [0.05, 0.1) is 4.90 Å². The van der Waals surface area contributed by atoms with Gasteiger partial charge in [-0.25, -0.2) is 10.5 Å². The number of rotatable bonds is 4. The Bertz CT molecular complexity index is 1040. The summed E-state index contributed by atoms with van der Waals surface area (Å²) >= 11 is 0. The summed E-state index contributed by atoms with van der Waals surface area (Å²) in [6, 6.07) is 7.55. The Morgan fingerprint density at radius 2 is 1.71 bits per heavy atom. The van der Waals surface area contributed by atoms with Crippen molar-refractivity contribution in [1.29, 1.82) is 0 Å². The molecule has 0 spiro atoms. The minimum Gasteiger partial charge on any atom is -0.235 e. The van der Waals surface area contributed by atoms with Crippen LogP contribution in [0.5, 0.6) is 0 Å². The minimum absolute atomic E-state index is 0.116. The van der Waals surface area contributed by atoms with E-state index in [2.05, 4.69) is 8.67 Å². The third-order valence-electron chi connectivity index (χ3n) is 3.84. The van der Waals surface area contributed by atoms with E-state index in [-0.39, 0.29) is 11.3 Å². The molecule has 0 bridgehead atoms. The lowest BCUT2D eigenvalue weighted by molar-refractivity contribution is -0.131. The molecule has 0 amide bonds. The third kappa shape index (κ3) is 2.95. The highest BCUT2D eigenvalue weighted by Gasteiger charge is 2.28. The molecule has 1 unspecified atom stereocenters. The Morgan fingerprint density at radius 1 is 0.958 bits per heavy atom. The number of hydrogen-bond acceptors (Lipinski definition) is 8. The summed E-state index contributed by atoms with van der Waals surface area (Å²) in [6.07, 6.45) is 3.06. The quantitative estimate of drug-likeness (QED) is 0.614. The van der Waals surface area contributed by atoms with E-state index in [9.17, 15) is 16.8 Å². The van der Waals surface area contributed by atoms with Gasteiger partial charge in [-0.1, -0.05) is 24.3 Å². The zero-order valence-corrected chi connectivity index (χ0v) is 13.6. The van der Waals surface area contributed by atoms with Crippen molar-refractivity contribution in [3.8, 4) is 0 Å². The van der Waals surface area contributed by atoms with Crippen molar-refractivity contribution in [1.82, 2.24) is 0 Å². The highest BCUT2D eigenvalue weighted by atomic mass is 32.2. The summed E-state index contributed by atoms with van der Waals surface area (Å²) in [7, 11) is -8.33.